The zero-order valence-corrected chi connectivity index (χ0v) is 17.6. The molecule has 0 radical (unpaired) electrons. The van der Waals surface area contributed by atoms with Crippen molar-refractivity contribution in [1.82, 2.24) is 34.5 Å². The molecular formula is C20H21N9O3. The van der Waals surface area contributed by atoms with Crippen molar-refractivity contribution in [3.05, 3.63) is 54.2 Å². The number of nitrogens with one attached hydrogen (secondary N) is 2. The van der Waals surface area contributed by atoms with Crippen molar-refractivity contribution < 1.29 is 14.6 Å². The van der Waals surface area contributed by atoms with Crippen LogP contribution in [0.5, 0.6) is 5.75 Å². The van der Waals surface area contributed by atoms with Gasteiger partial charge in [-0.15, -0.1) is 0 Å². The summed E-state index contributed by atoms with van der Waals surface area (Å²) in [6.45, 7) is 0.434. The molecule has 0 saturated carbocycles. The molecule has 0 unspecified atom stereocenters. The lowest BCUT2D eigenvalue weighted by Gasteiger charge is -2.15. The highest BCUT2D eigenvalue weighted by molar-refractivity contribution is 5.94. The molecule has 0 atom stereocenters. The summed E-state index contributed by atoms with van der Waals surface area (Å²) in [6.07, 6.45) is 6.42. The number of benzene rings is 1. The average Bonchev–Trinajstić information content (AvgIpc) is 3.40. The van der Waals surface area contributed by atoms with Crippen molar-refractivity contribution in [1.29, 1.82) is 0 Å². The van der Waals surface area contributed by atoms with Gasteiger partial charge in [0.25, 0.3) is 0 Å². The molecule has 0 spiro atoms. The van der Waals surface area contributed by atoms with Crippen molar-refractivity contribution in [2.75, 3.05) is 17.7 Å². The van der Waals surface area contributed by atoms with E-state index < -0.39 is 5.97 Å². The van der Waals surface area contributed by atoms with Gasteiger partial charge in [-0.2, -0.15) is 15.2 Å². The number of aromatic carboxylic acids is 1. The molecule has 0 aliphatic heterocycles. The normalized spacial score (nSPS) is 10.7. The smallest absolute Gasteiger partial charge is 0.341 e. The first kappa shape index (κ1) is 20.8. The molecule has 0 saturated heterocycles. The highest BCUT2D eigenvalue weighted by Crippen LogP contribution is 2.36. The minimum Gasteiger partial charge on any atom is -0.494 e. The number of ether oxygens (including phenoxy) is 1. The fourth-order valence-electron chi connectivity index (χ4n) is 3.08. The summed E-state index contributed by atoms with van der Waals surface area (Å²) in [5, 5.41) is 24.2. The largest absolute Gasteiger partial charge is 0.494 e. The summed E-state index contributed by atoms with van der Waals surface area (Å²) in [6, 6.07) is 5.36. The molecule has 12 heteroatoms. The minimum atomic E-state index is -1.16. The number of carbonyl (C=O) groups is 1. The third kappa shape index (κ3) is 4.33. The molecule has 0 aliphatic carbocycles. The summed E-state index contributed by atoms with van der Waals surface area (Å²) in [7, 11) is 5.11. The predicted octanol–water partition coefficient (Wildman–Crippen LogP) is 2.07. The van der Waals surface area contributed by atoms with Crippen LogP contribution < -0.4 is 15.4 Å². The number of carboxylic acid groups (broad SMARTS) is 1. The molecule has 32 heavy (non-hydrogen) atoms. The lowest BCUT2D eigenvalue weighted by Crippen LogP contribution is -2.10. The molecule has 164 valence electrons. The number of rotatable bonds is 8. The molecule has 3 N–H and O–H groups in total. The topological polar surface area (TPSA) is 145 Å². The van der Waals surface area contributed by atoms with Crippen LogP contribution in [-0.2, 0) is 20.6 Å². The van der Waals surface area contributed by atoms with E-state index in [1.807, 2.05) is 19.3 Å². The zero-order valence-electron chi connectivity index (χ0n) is 17.6. The van der Waals surface area contributed by atoms with Crippen LogP contribution in [-0.4, -0.2) is 52.7 Å². The van der Waals surface area contributed by atoms with Crippen LogP contribution in [0, 0.1) is 0 Å². The van der Waals surface area contributed by atoms with Crippen LogP contribution in [0.3, 0.4) is 0 Å². The molecule has 3 heterocycles. The van der Waals surface area contributed by atoms with Gasteiger partial charge in [0.1, 0.15) is 11.9 Å². The van der Waals surface area contributed by atoms with Crippen LogP contribution >= 0.6 is 0 Å². The van der Waals surface area contributed by atoms with Gasteiger partial charge in [0, 0.05) is 38.6 Å². The Kier molecular flexibility index (Phi) is 5.66. The molecule has 4 aromatic rings. The van der Waals surface area contributed by atoms with Crippen LogP contribution in [0.25, 0.3) is 11.4 Å². The van der Waals surface area contributed by atoms with Crippen molar-refractivity contribution in [3.63, 3.8) is 0 Å². The summed E-state index contributed by atoms with van der Waals surface area (Å²) in [5.74, 6) is 0.160. The van der Waals surface area contributed by atoms with Gasteiger partial charge in [0.15, 0.2) is 17.4 Å². The van der Waals surface area contributed by atoms with Gasteiger partial charge in [-0.3, -0.25) is 9.36 Å². The van der Waals surface area contributed by atoms with E-state index in [9.17, 15) is 9.90 Å². The second-order valence-electron chi connectivity index (χ2n) is 6.89. The SMILES string of the molecule is COc1c(Nc2nc(NCc3cnn(C)c3)ncc2C(=O)O)cccc1-c1ncn(C)n1. The van der Waals surface area contributed by atoms with Crippen LogP contribution in [0.15, 0.2) is 43.1 Å². The fourth-order valence-corrected chi connectivity index (χ4v) is 3.08. The predicted molar refractivity (Wildman–Crippen MR) is 116 cm³/mol. The Morgan fingerprint density at radius 2 is 2.03 bits per heavy atom. The minimum absolute atomic E-state index is 0.0830. The van der Waals surface area contributed by atoms with E-state index in [1.54, 1.807) is 41.1 Å². The molecule has 4 rings (SSSR count). The molecule has 0 fully saturated rings. The van der Waals surface area contributed by atoms with Gasteiger partial charge in [0.05, 0.1) is 24.6 Å². The average molecular weight is 435 g/mol. The number of carboxylic acids is 1. The van der Waals surface area contributed by atoms with Gasteiger partial charge >= 0.3 is 5.97 Å². The molecule has 0 aliphatic rings. The van der Waals surface area contributed by atoms with E-state index in [2.05, 4.69) is 35.8 Å². The highest BCUT2D eigenvalue weighted by atomic mass is 16.5. The first-order chi connectivity index (χ1) is 15.4. The van der Waals surface area contributed by atoms with Crippen molar-refractivity contribution in [2.45, 2.75) is 6.54 Å². The van der Waals surface area contributed by atoms with Crippen LogP contribution in [0.2, 0.25) is 0 Å². The van der Waals surface area contributed by atoms with Gasteiger partial charge in [-0.25, -0.2) is 14.8 Å². The molecular weight excluding hydrogens is 414 g/mol. The van der Waals surface area contributed by atoms with Crippen molar-refractivity contribution in [3.8, 4) is 17.1 Å². The summed E-state index contributed by atoms with van der Waals surface area (Å²) in [5.41, 5.74) is 2.02. The fraction of sp³-hybridized carbons (Fsp3) is 0.200. The molecule has 3 aromatic heterocycles. The number of aromatic nitrogens is 7. The standard InChI is InChI=1S/C20H21N9O3/c1-28-10-12(8-24-28)7-21-20-22-9-14(19(30)31)18(26-20)25-15-6-4-5-13(16(15)32-3)17-23-11-29(2)27-17/h4-6,8-11H,7H2,1-3H3,(H,30,31)(H2,21,22,25,26). The first-order valence-corrected chi connectivity index (χ1v) is 9.56. The van der Waals surface area contributed by atoms with E-state index in [0.29, 0.717) is 29.4 Å². The lowest BCUT2D eigenvalue weighted by atomic mass is 10.1. The van der Waals surface area contributed by atoms with Gasteiger partial charge < -0.3 is 20.5 Å². The Balaban J connectivity index is 1.66. The second-order valence-corrected chi connectivity index (χ2v) is 6.89. The number of nitrogens with zero attached hydrogens (tertiary/aromatic N) is 7. The number of hydrogen-bond acceptors (Lipinski definition) is 9. The number of hydrogen-bond donors (Lipinski definition) is 3. The maximum atomic E-state index is 11.7. The van der Waals surface area contributed by atoms with E-state index in [4.69, 9.17) is 4.74 Å². The van der Waals surface area contributed by atoms with E-state index in [1.165, 1.54) is 13.3 Å². The van der Waals surface area contributed by atoms with Gasteiger partial charge in [-0.1, -0.05) is 6.07 Å². The monoisotopic (exact) mass is 435 g/mol. The maximum Gasteiger partial charge on any atom is 0.341 e. The summed E-state index contributed by atoms with van der Waals surface area (Å²) >= 11 is 0. The zero-order chi connectivity index (χ0) is 22.7. The van der Waals surface area contributed by atoms with Crippen molar-refractivity contribution >= 4 is 23.4 Å². The third-order valence-corrected chi connectivity index (χ3v) is 4.54. The summed E-state index contributed by atoms with van der Waals surface area (Å²) < 4.78 is 8.86. The Labute approximate surface area is 182 Å². The molecule has 0 amide bonds. The number of para-hydroxylation sites is 1. The van der Waals surface area contributed by atoms with E-state index in [0.717, 1.165) is 5.56 Å². The molecule has 1 aromatic carbocycles. The van der Waals surface area contributed by atoms with E-state index in [-0.39, 0.29) is 17.3 Å². The Morgan fingerprint density at radius 1 is 1.19 bits per heavy atom. The first-order valence-electron chi connectivity index (χ1n) is 9.56. The van der Waals surface area contributed by atoms with Gasteiger partial charge in [-0.05, 0) is 12.1 Å². The van der Waals surface area contributed by atoms with E-state index >= 15 is 0 Å². The Morgan fingerprint density at radius 3 is 2.69 bits per heavy atom. The van der Waals surface area contributed by atoms with Crippen molar-refractivity contribution in [2.24, 2.45) is 14.1 Å². The molecule has 12 nitrogen and oxygen atoms in total. The number of anilines is 3. The Hall–Kier alpha value is -4.48. The second kappa shape index (κ2) is 8.71. The number of aryl methyl sites for hydroxylation is 2. The van der Waals surface area contributed by atoms with Crippen LogP contribution in [0.4, 0.5) is 17.5 Å². The van der Waals surface area contributed by atoms with Gasteiger partial charge in [0.2, 0.25) is 5.95 Å². The lowest BCUT2D eigenvalue weighted by molar-refractivity contribution is 0.0697. The quantitative estimate of drug-likeness (QED) is 0.376. The maximum absolute atomic E-state index is 11.7. The van der Waals surface area contributed by atoms with Crippen LogP contribution in [0.1, 0.15) is 15.9 Å². The third-order valence-electron chi connectivity index (χ3n) is 4.54. The Bertz CT molecular complexity index is 1260. The number of methoxy groups -OCH3 is 1. The molecule has 0 bridgehead atoms. The highest BCUT2D eigenvalue weighted by Gasteiger charge is 2.19. The summed E-state index contributed by atoms with van der Waals surface area (Å²) in [4.78, 5) is 24.5.